The van der Waals surface area contributed by atoms with Gasteiger partial charge in [0.25, 0.3) is 0 Å². The summed E-state index contributed by atoms with van der Waals surface area (Å²) in [7, 11) is 1.56. The number of hydrogen-bond donors (Lipinski definition) is 0. The maximum absolute atomic E-state index is 14.5. The van der Waals surface area contributed by atoms with Crippen LogP contribution in [0.25, 0.3) is 5.69 Å². The van der Waals surface area contributed by atoms with Crippen molar-refractivity contribution in [3.05, 3.63) is 74.6 Å². The van der Waals surface area contributed by atoms with Crippen LogP contribution in [-0.4, -0.2) is 27.6 Å². The topological polar surface area (TPSA) is 52.3 Å². The van der Waals surface area contributed by atoms with Gasteiger partial charge in [0.15, 0.2) is 5.82 Å². The minimum Gasteiger partial charge on any atom is -0.353 e. The maximum atomic E-state index is 14.5. The van der Waals surface area contributed by atoms with Crippen molar-refractivity contribution < 1.29 is 9.13 Å². The first-order chi connectivity index (χ1) is 12.1. The highest BCUT2D eigenvalue weighted by molar-refractivity contribution is 14.1. The second kappa shape index (κ2) is 6.30. The van der Waals surface area contributed by atoms with Crippen LogP contribution in [0.1, 0.15) is 29.0 Å². The zero-order valence-electron chi connectivity index (χ0n) is 13.6. The van der Waals surface area contributed by atoms with Crippen LogP contribution in [0, 0.1) is 16.3 Å². The highest BCUT2D eigenvalue weighted by atomic mass is 127. The van der Waals surface area contributed by atoms with E-state index in [1.807, 2.05) is 29.7 Å². The van der Waals surface area contributed by atoms with Crippen LogP contribution in [-0.2, 0) is 4.74 Å². The molecule has 3 aromatic rings. The smallest absolute Gasteiger partial charge is 0.209 e. The van der Waals surface area contributed by atoms with Crippen LogP contribution in [0.5, 0.6) is 0 Å². The lowest BCUT2D eigenvalue weighted by molar-refractivity contribution is 0.103. The molecule has 0 amide bonds. The zero-order chi connectivity index (χ0) is 17.6. The molecule has 0 spiro atoms. The molecule has 1 aliphatic rings. The summed E-state index contributed by atoms with van der Waals surface area (Å²) in [5, 5.41) is 8.39. The Morgan fingerprint density at radius 3 is 2.68 bits per heavy atom. The molecule has 1 aromatic heterocycles. The van der Waals surface area contributed by atoms with Crippen LogP contribution < -0.4 is 0 Å². The minimum atomic E-state index is -0.666. The third-order valence-corrected chi connectivity index (χ3v) is 4.79. The van der Waals surface area contributed by atoms with E-state index in [0.717, 1.165) is 20.6 Å². The first-order valence-corrected chi connectivity index (χ1v) is 8.75. The van der Waals surface area contributed by atoms with E-state index in [4.69, 9.17) is 4.74 Å². The molecule has 0 bridgehead atoms. The van der Waals surface area contributed by atoms with Gasteiger partial charge in [-0.05, 0) is 59.8 Å². The lowest BCUT2D eigenvalue weighted by atomic mass is 10.00. The molecule has 5 nitrogen and oxygen atoms in total. The highest BCUT2D eigenvalue weighted by Crippen LogP contribution is 2.32. The predicted octanol–water partition coefficient (Wildman–Crippen LogP) is 3.82. The largest absolute Gasteiger partial charge is 0.353 e. The van der Waals surface area contributed by atoms with E-state index in [-0.39, 0.29) is 5.82 Å². The monoisotopic (exact) mass is 448 g/mol. The highest BCUT2D eigenvalue weighted by Gasteiger charge is 2.28. The van der Waals surface area contributed by atoms with Gasteiger partial charge in [-0.2, -0.15) is 0 Å². The summed E-state index contributed by atoms with van der Waals surface area (Å²) < 4.78 is 23.0. The number of benzene rings is 2. The average Bonchev–Trinajstić information content (AvgIpc) is 2.92. The van der Waals surface area contributed by atoms with E-state index in [0.29, 0.717) is 17.1 Å². The standard InChI is InChI=1S/C18H14FIN4O/c1-10-22-23-17-18(25-2)21-16(12-5-3-4-6-14(12)19)13-9-11(20)7-8-15(13)24(10)17/h3-9,18H,1-2H3. The van der Waals surface area contributed by atoms with Crippen molar-refractivity contribution in [3.63, 3.8) is 0 Å². The zero-order valence-corrected chi connectivity index (χ0v) is 15.7. The second-order valence-corrected chi connectivity index (χ2v) is 6.89. The number of aryl methyl sites for hydroxylation is 1. The molecule has 0 fully saturated rings. The van der Waals surface area contributed by atoms with Gasteiger partial charge in [-0.1, -0.05) is 12.1 Å². The summed E-state index contributed by atoms with van der Waals surface area (Å²) in [4.78, 5) is 4.69. The Bertz CT molecular complexity index is 998. The Kier molecular flexibility index (Phi) is 4.12. The fourth-order valence-electron chi connectivity index (χ4n) is 3.00. The molecule has 2 heterocycles. The molecule has 25 heavy (non-hydrogen) atoms. The number of fused-ring (bicyclic) bond motifs is 3. The van der Waals surface area contributed by atoms with Crippen molar-refractivity contribution in [2.24, 2.45) is 4.99 Å². The van der Waals surface area contributed by atoms with E-state index in [2.05, 4.69) is 37.8 Å². The molecule has 2 aromatic carbocycles. The number of halogens is 2. The number of aromatic nitrogens is 3. The van der Waals surface area contributed by atoms with E-state index in [9.17, 15) is 4.39 Å². The fraction of sp³-hybridized carbons (Fsp3) is 0.167. The second-order valence-electron chi connectivity index (χ2n) is 5.65. The molecule has 4 rings (SSSR count). The first kappa shape index (κ1) is 16.3. The Labute approximate surface area is 157 Å². The molecule has 0 radical (unpaired) electrons. The van der Waals surface area contributed by atoms with Gasteiger partial charge < -0.3 is 4.74 Å². The predicted molar refractivity (Wildman–Crippen MR) is 101 cm³/mol. The van der Waals surface area contributed by atoms with E-state index in [1.54, 1.807) is 25.3 Å². The van der Waals surface area contributed by atoms with E-state index < -0.39 is 6.23 Å². The normalized spacial score (nSPS) is 16.0. The number of rotatable bonds is 2. The third-order valence-electron chi connectivity index (χ3n) is 4.12. The molecule has 0 N–H and O–H groups in total. The first-order valence-electron chi connectivity index (χ1n) is 7.68. The van der Waals surface area contributed by atoms with E-state index >= 15 is 0 Å². The van der Waals surface area contributed by atoms with Crippen LogP contribution in [0.3, 0.4) is 0 Å². The summed E-state index contributed by atoms with van der Waals surface area (Å²) >= 11 is 2.24. The Morgan fingerprint density at radius 1 is 1.12 bits per heavy atom. The minimum absolute atomic E-state index is 0.324. The lowest BCUT2D eigenvalue weighted by Crippen LogP contribution is -2.10. The summed E-state index contributed by atoms with van der Waals surface area (Å²) in [6.45, 7) is 1.87. The molecule has 0 saturated heterocycles. The van der Waals surface area contributed by atoms with E-state index in [1.165, 1.54) is 6.07 Å². The van der Waals surface area contributed by atoms with Crippen LogP contribution >= 0.6 is 22.6 Å². The molecule has 7 heteroatoms. The van der Waals surface area contributed by atoms with Crippen molar-refractivity contribution in [1.82, 2.24) is 14.8 Å². The Morgan fingerprint density at radius 2 is 1.92 bits per heavy atom. The van der Waals surface area contributed by atoms with Crippen molar-refractivity contribution in [1.29, 1.82) is 0 Å². The number of nitrogens with zero attached hydrogens (tertiary/aromatic N) is 4. The lowest BCUT2D eigenvalue weighted by Gasteiger charge is -2.13. The molecular weight excluding hydrogens is 434 g/mol. The van der Waals surface area contributed by atoms with Crippen LogP contribution in [0.15, 0.2) is 47.5 Å². The molecule has 0 saturated carbocycles. The van der Waals surface area contributed by atoms with Gasteiger partial charge in [-0.25, -0.2) is 9.38 Å². The van der Waals surface area contributed by atoms with Gasteiger partial charge in [-0.3, -0.25) is 4.57 Å². The van der Waals surface area contributed by atoms with Crippen molar-refractivity contribution in [3.8, 4) is 5.69 Å². The number of aliphatic imine (C=N–C) groups is 1. The summed E-state index contributed by atoms with van der Waals surface area (Å²) in [5.41, 5.74) is 2.66. The van der Waals surface area contributed by atoms with Crippen molar-refractivity contribution in [2.75, 3.05) is 7.11 Å². The van der Waals surface area contributed by atoms with Gasteiger partial charge in [0.2, 0.25) is 6.23 Å². The van der Waals surface area contributed by atoms with Gasteiger partial charge in [0, 0.05) is 21.8 Å². The van der Waals surface area contributed by atoms with Crippen molar-refractivity contribution in [2.45, 2.75) is 13.2 Å². The summed E-state index contributed by atoms with van der Waals surface area (Å²) in [6.07, 6.45) is -0.666. The van der Waals surface area contributed by atoms with Crippen LogP contribution in [0.4, 0.5) is 4.39 Å². The Balaban J connectivity index is 2.08. The maximum Gasteiger partial charge on any atom is 0.209 e. The van der Waals surface area contributed by atoms with Gasteiger partial charge in [0.1, 0.15) is 11.6 Å². The Hall–Kier alpha value is -2.13. The summed E-state index contributed by atoms with van der Waals surface area (Å²) in [6, 6.07) is 12.6. The number of hydrogen-bond acceptors (Lipinski definition) is 4. The third kappa shape index (κ3) is 2.67. The molecule has 1 unspecified atom stereocenters. The molecule has 126 valence electrons. The molecule has 0 aliphatic carbocycles. The average molecular weight is 448 g/mol. The molecular formula is C18H14FIN4O. The fourth-order valence-corrected chi connectivity index (χ4v) is 3.49. The van der Waals surface area contributed by atoms with Gasteiger partial charge in [-0.15, -0.1) is 10.2 Å². The van der Waals surface area contributed by atoms with Gasteiger partial charge >= 0.3 is 0 Å². The quantitative estimate of drug-likeness (QED) is 0.561. The SMILES string of the molecule is COC1N=C(c2ccccc2F)c2cc(I)ccc2-n2c(C)nnc21. The van der Waals surface area contributed by atoms with Crippen molar-refractivity contribution >= 4 is 28.3 Å². The number of methoxy groups -OCH3 is 1. The summed E-state index contributed by atoms with van der Waals surface area (Å²) in [5.74, 6) is 0.980. The molecule has 1 atom stereocenters. The van der Waals surface area contributed by atoms with Crippen LogP contribution in [0.2, 0.25) is 0 Å². The number of ether oxygens (including phenoxy) is 1. The van der Waals surface area contributed by atoms with Gasteiger partial charge in [0.05, 0.1) is 11.4 Å². The molecule has 1 aliphatic heterocycles.